The van der Waals surface area contributed by atoms with E-state index in [2.05, 4.69) is 15.2 Å². The number of carbonyl (C=O) groups excluding carboxylic acids is 1. The fourth-order valence-electron chi connectivity index (χ4n) is 4.44. The van der Waals surface area contributed by atoms with Crippen molar-refractivity contribution in [3.05, 3.63) is 47.9 Å². The van der Waals surface area contributed by atoms with Crippen LogP contribution in [-0.4, -0.2) is 84.6 Å². The van der Waals surface area contributed by atoms with Crippen molar-refractivity contribution < 1.29 is 26.7 Å². The van der Waals surface area contributed by atoms with Gasteiger partial charge in [-0.15, -0.1) is 0 Å². The Bertz CT molecular complexity index is 1090. The van der Waals surface area contributed by atoms with Gasteiger partial charge in [0.2, 0.25) is 0 Å². The molecule has 33 heavy (non-hydrogen) atoms. The third kappa shape index (κ3) is 4.79. The van der Waals surface area contributed by atoms with Gasteiger partial charge >= 0.3 is 0 Å². The summed E-state index contributed by atoms with van der Waals surface area (Å²) in [6.07, 6.45) is 4.38. The third-order valence-corrected chi connectivity index (χ3v) is 8.05. The number of imidazole rings is 1. The van der Waals surface area contributed by atoms with Crippen molar-refractivity contribution in [1.82, 2.24) is 24.1 Å². The lowest BCUT2D eigenvalue weighted by Crippen LogP contribution is -2.64. The number of halogens is 2. The van der Waals surface area contributed by atoms with Crippen LogP contribution in [0.5, 0.6) is 0 Å². The van der Waals surface area contributed by atoms with Gasteiger partial charge in [-0.05, 0) is 25.0 Å². The zero-order valence-electron chi connectivity index (χ0n) is 18.3. The van der Waals surface area contributed by atoms with Crippen LogP contribution >= 0.6 is 0 Å². The number of nitrogens with zero attached hydrogens (tertiary/aromatic N) is 4. The molecule has 1 atom stereocenters. The van der Waals surface area contributed by atoms with E-state index in [1.807, 2.05) is 0 Å². The number of hydrogen-bond acceptors (Lipinski definition) is 6. The molecular formula is C21H27F2N5O4S. The average molecular weight is 484 g/mol. The van der Waals surface area contributed by atoms with Gasteiger partial charge in [-0.25, -0.2) is 22.2 Å². The highest BCUT2D eigenvalue weighted by Gasteiger charge is 2.42. The Labute approximate surface area is 191 Å². The molecule has 1 amide bonds. The summed E-state index contributed by atoms with van der Waals surface area (Å²) in [4.78, 5) is 18.6. The van der Waals surface area contributed by atoms with E-state index in [4.69, 9.17) is 4.74 Å². The van der Waals surface area contributed by atoms with Gasteiger partial charge in [0.1, 0.15) is 17.2 Å². The molecule has 1 N–H and O–H groups in total. The van der Waals surface area contributed by atoms with Crippen molar-refractivity contribution in [2.24, 2.45) is 7.05 Å². The molecule has 12 heteroatoms. The number of piperazine rings is 1. The van der Waals surface area contributed by atoms with Crippen molar-refractivity contribution in [2.45, 2.75) is 23.4 Å². The van der Waals surface area contributed by atoms with Gasteiger partial charge < -0.3 is 14.6 Å². The summed E-state index contributed by atoms with van der Waals surface area (Å²) < 4.78 is 62.5. The molecule has 0 saturated carbocycles. The molecule has 3 heterocycles. The normalized spacial score (nSPS) is 22.9. The number of ether oxygens (including phenoxy) is 1. The minimum Gasteiger partial charge on any atom is -0.379 e. The predicted molar refractivity (Wildman–Crippen MR) is 115 cm³/mol. The molecule has 0 spiro atoms. The van der Waals surface area contributed by atoms with Crippen molar-refractivity contribution in [2.75, 3.05) is 45.9 Å². The molecule has 9 nitrogen and oxygen atoms in total. The molecule has 0 radical (unpaired) electrons. The van der Waals surface area contributed by atoms with E-state index >= 15 is 0 Å². The summed E-state index contributed by atoms with van der Waals surface area (Å²) in [5.74, 6) is -2.67. The van der Waals surface area contributed by atoms with Crippen LogP contribution in [0.1, 0.15) is 23.2 Å². The molecule has 0 aliphatic carbocycles. The number of benzene rings is 1. The maximum Gasteiger partial charge on any atom is 0.262 e. The van der Waals surface area contributed by atoms with E-state index in [0.29, 0.717) is 32.7 Å². The molecule has 180 valence electrons. The number of nitrogens with one attached hydrogen (secondary N) is 1. The van der Waals surface area contributed by atoms with Crippen LogP contribution in [0.15, 0.2) is 35.7 Å². The summed E-state index contributed by atoms with van der Waals surface area (Å²) in [6.45, 7) is 2.43. The van der Waals surface area contributed by atoms with E-state index in [-0.39, 0.29) is 24.7 Å². The molecule has 2 saturated heterocycles. The Morgan fingerprint density at radius 3 is 2.48 bits per heavy atom. The fourth-order valence-corrected chi connectivity index (χ4v) is 5.83. The molecule has 1 aromatic carbocycles. The Balaban J connectivity index is 1.45. The molecule has 2 aromatic rings. The van der Waals surface area contributed by atoms with Crippen LogP contribution < -0.4 is 5.32 Å². The zero-order valence-corrected chi connectivity index (χ0v) is 19.2. The van der Waals surface area contributed by atoms with Crippen LogP contribution in [0.2, 0.25) is 0 Å². The first-order valence-corrected chi connectivity index (χ1v) is 12.2. The van der Waals surface area contributed by atoms with Crippen LogP contribution in [0.25, 0.3) is 0 Å². The monoisotopic (exact) mass is 483 g/mol. The Morgan fingerprint density at radius 1 is 1.21 bits per heavy atom. The van der Waals surface area contributed by atoms with Gasteiger partial charge in [0.15, 0.2) is 5.03 Å². The van der Waals surface area contributed by atoms with Gasteiger partial charge in [0, 0.05) is 52.6 Å². The van der Waals surface area contributed by atoms with E-state index in [9.17, 15) is 22.0 Å². The third-order valence-electron chi connectivity index (χ3n) is 6.26. The van der Waals surface area contributed by atoms with E-state index in [1.165, 1.54) is 22.9 Å². The largest absolute Gasteiger partial charge is 0.379 e. The molecule has 1 aromatic heterocycles. The van der Waals surface area contributed by atoms with Crippen LogP contribution in [0.4, 0.5) is 8.78 Å². The van der Waals surface area contributed by atoms with Crippen molar-refractivity contribution in [3.63, 3.8) is 0 Å². The number of aryl methyl sites for hydroxylation is 1. The number of sulfonamides is 1. The second-order valence-corrected chi connectivity index (χ2v) is 10.3. The SMILES string of the molecule is Cn1cnc(S(=O)(=O)N2CCN(C3(CNC(=O)c4c(F)cccc4F)CCCOC3)CC2)c1. The first-order chi connectivity index (χ1) is 15.7. The van der Waals surface area contributed by atoms with E-state index < -0.39 is 38.7 Å². The minimum atomic E-state index is -3.70. The average Bonchev–Trinajstić information content (AvgIpc) is 3.25. The van der Waals surface area contributed by atoms with Crippen LogP contribution in [-0.2, 0) is 21.8 Å². The highest BCUT2D eigenvalue weighted by atomic mass is 32.2. The van der Waals surface area contributed by atoms with E-state index in [1.54, 1.807) is 11.6 Å². The maximum atomic E-state index is 14.0. The van der Waals surface area contributed by atoms with Gasteiger partial charge in [-0.1, -0.05) is 6.07 Å². The highest BCUT2D eigenvalue weighted by Crippen LogP contribution is 2.28. The van der Waals surface area contributed by atoms with Gasteiger partial charge in [-0.2, -0.15) is 4.31 Å². The van der Waals surface area contributed by atoms with Gasteiger partial charge in [-0.3, -0.25) is 9.69 Å². The topological polar surface area (TPSA) is 96.8 Å². The number of hydrogen-bond donors (Lipinski definition) is 1. The number of amides is 1. The zero-order chi connectivity index (χ0) is 23.6. The predicted octanol–water partition coefficient (Wildman–Crippen LogP) is 0.984. The van der Waals surface area contributed by atoms with E-state index in [0.717, 1.165) is 18.6 Å². The fraction of sp³-hybridized carbons (Fsp3) is 0.524. The Morgan fingerprint density at radius 2 is 1.91 bits per heavy atom. The molecular weight excluding hydrogens is 456 g/mol. The second-order valence-electron chi connectivity index (χ2n) is 8.43. The highest BCUT2D eigenvalue weighted by molar-refractivity contribution is 7.89. The first-order valence-electron chi connectivity index (χ1n) is 10.8. The lowest BCUT2D eigenvalue weighted by atomic mass is 9.89. The minimum absolute atomic E-state index is 0.00772. The molecule has 4 rings (SSSR count). The number of carbonyl (C=O) groups is 1. The summed E-state index contributed by atoms with van der Waals surface area (Å²) >= 11 is 0. The standard InChI is InChI=1S/C21H27F2N5O4S/c1-26-12-18(25-15-26)33(30,31)28-9-7-27(8-10-28)21(6-3-11-32-14-21)13-24-20(29)19-16(22)4-2-5-17(19)23/h2,4-5,12,15H,3,6-11,13-14H2,1H3,(H,24,29). The van der Waals surface area contributed by atoms with Gasteiger partial charge in [0.25, 0.3) is 15.9 Å². The summed E-state index contributed by atoms with van der Waals surface area (Å²) in [5, 5.41) is 2.68. The summed E-state index contributed by atoms with van der Waals surface area (Å²) in [5.41, 5.74) is -1.20. The van der Waals surface area contributed by atoms with Crippen LogP contribution in [0, 0.1) is 11.6 Å². The van der Waals surface area contributed by atoms with Crippen molar-refractivity contribution in [1.29, 1.82) is 0 Å². The molecule has 2 aliphatic heterocycles. The first kappa shape index (κ1) is 23.7. The van der Waals surface area contributed by atoms with Crippen molar-refractivity contribution >= 4 is 15.9 Å². The Hall–Kier alpha value is -2.41. The van der Waals surface area contributed by atoms with Crippen LogP contribution in [0.3, 0.4) is 0 Å². The number of aromatic nitrogens is 2. The lowest BCUT2D eigenvalue weighted by Gasteiger charge is -2.49. The molecule has 2 aliphatic rings. The van der Waals surface area contributed by atoms with Gasteiger partial charge in [0.05, 0.1) is 18.5 Å². The molecule has 2 fully saturated rings. The maximum absolute atomic E-state index is 14.0. The van der Waals surface area contributed by atoms with Crippen molar-refractivity contribution in [3.8, 4) is 0 Å². The second kappa shape index (κ2) is 9.45. The lowest BCUT2D eigenvalue weighted by molar-refractivity contribution is -0.0578. The smallest absolute Gasteiger partial charge is 0.262 e. The Kier molecular flexibility index (Phi) is 6.80. The molecule has 1 unspecified atom stereocenters. The molecule has 0 bridgehead atoms. The summed E-state index contributed by atoms with van der Waals surface area (Å²) in [7, 11) is -1.99. The number of rotatable bonds is 6. The summed E-state index contributed by atoms with van der Waals surface area (Å²) in [6, 6.07) is 3.29. The quantitative estimate of drug-likeness (QED) is 0.658.